The van der Waals surface area contributed by atoms with Gasteiger partial charge in [-0.15, -0.1) is 13.2 Å². The van der Waals surface area contributed by atoms with Crippen LogP contribution in [0.25, 0.3) is 0 Å². The number of carbonyl (C=O) groups is 4. The molecule has 12 rings (SSSR count). The monoisotopic (exact) mass is 1370 g/mol. The van der Waals surface area contributed by atoms with Crippen molar-refractivity contribution in [3.8, 4) is 34.5 Å². The summed E-state index contributed by atoms with van der Waals surface area (Å²) in [6.07, 6.45) is -7.37. The maximum absolute atomic E-state index is 14.3. The fourth-order valence-corrected chi connectivity index (χ4v) is 14.9. The number of hydrogen-bond donors (Lipinski definition) is 0. The number of halogens is 5. The first-order valence-corrected chi connectivity index (χ1v) is 33.7. The maximum atomic E-state index is 14.3. The Kier molecular flexibility index (Phi) is 23.0. The van der Waals surface area contributed by atoms with Gasteiger partial charge in [0.1, 0.15) is 47.8 Å². The Morgan fingerprint density at radius 2 is 0.770 bits per heavy atom. The lowest BCUT2D eigenvalue weighted by Gasteiger charge is -2.29. The largest absolute Gasteiger partial charge is 0.522 e. The van der Waals surface area contributed by atoms with Crippen LogP contribution in [0.4, 0.5) is 22.0 Å². The van der Waals surface area contributed by atoms with Crippen LogP contribution in [0.2, 0.25) is 0 Å². The first-order chi connectivity index (χ1) is 48.0. The van der Waals surface area contributed by atoms with Gasteiger partial charge in [-0.2, -0.15) is 8.78 Å². The summed E-state index contributed by atoms with van der Waals surface area (Å²) >= 11 is 0. The summed E-state index contributed by atoms with van der Waals surface area (Å²) in [5.41, 5.74) is 12.4. The number of nitrogens with zero attached hydrogens (tertiary/aromatic N) is 2. The van der Waals surface area contributed by atoms with E-state index >= 15 is 0 Å². The van der Waals surface area contributed by atoms with Gasteiger partial charge in [-0.3, -0.25) is 33.7 Å². The van der Waals surface area contributed by atoms with E-state index in [1.165, 1.54) is 0 Å². The average Bonchev–Trinajstić information content (AvgIpc) is 1.64. The Bertz CT molecular complexity index is 3820. The summed E-state index contributed by atoms with van der Waals surface area (Å²) < 4.78 is 105. The van der Waals surface area contributed by atoms with Crippen molar-refractivity contribution in [2.24, 2.45) is 11.8 Å². The molecule has 6 atom stereocenters. The average molecular weight is 1370 g/mol. The number of alkyl halides is 5. The molecule has 0 spiro atoms. The first kappa shape index (κ1) is 72.0. The molecule has 0 unspecified atom stereocenters. The highest BCUT2D eigenvalue weighted by molar-refractivity contribution is 5.85. The summed E-state index contributed by atoms with van der Waals surface area (Å²) in [6, 6.07) is 57.6. The summed E-state index contributed by atoms with van der Waals surface area (Å²) in [7, 11) is 0. The van der Waals surface area contributed by atoms with E-state index in [1.54, 1.807) is 38.1 Å². The Balaban J connectivity index is 0.000000202. The summed E-state index contributed by atoms with van der Waals surface area (Å²) in [6.45, 7) is 12.4. The third kappa shape index (κ3) is 17.6. The molecule has 4 heterocycles. The van der Waals surface area contributed by atoms with Crippen molar-refractivity contribution in [3.05, 3.63) is 249 Å². The Morgan fingerprint density at radius 3 is 1.10 bits per heavy atom. The fraction of sp³-hybridized carbons (Fsp3) is 0.358. The molecule has 0 radical (unpaired) electrons. The first-order valence-electron chi connectivity index (χ1n) is 33.7. The van der Waals surface area contributed by atoms with Crippen molar-refractivity contribution in [1.29, 1.82) is 0 Å². The van der Waals surface area contributed by atoms with E-state index < -0.39 is 43.0 Å². The van der Waals surface area contributed by atoms with Gasteiger partial charge in [0.15, 0.2) is 23.0 Å². The van der Waals surface area contributed by atoms with Crippen LogP contribution in [0.5, 0.6) is 34.5 Å². The molecule has 8 aromatic carbocycles. The molecule has 0 aliphatic carbocycles. The highest BCUT2D eigenvalue weighted by Crippen LogP contribution is 2.51. The number of ketones is 4. The molecule has 524 valence electrons. The van der Waals surface area contributed by atoms with Crippen molar-refractivity contribution in [3.63, 3.8) is 0 Å². The summed E-state index contributed by atoms with van der Waals surface area (Å²) in [5, 5.41) is 0. The predicted octanol–water partition coefficient (Wildman–Crippen LogP) is 16.3. The Morgan fingerprint density at radius 1 is 0.440 bits per heavy atom. The number of aryl methyl sites for hydroxylation is 4. The number of ether oxygens (including phenoxy) is 8. The summed E-state index contributed by atoms with van der Waals surface area (Å²) in [5.74, 6) is 1.91. The van der Waals surface area contributed by atoms with E-state index in [9.17, 15) is 41.1 Å². The second-order valence-electron chi connectivity index (χ2n) is 26.3. The zero-order valence-electron chi connectivity index (χ0n) is 57.1. The van der Waals surface area contributed by atoms with Crippen LogP contribution in [-0.2, 0) is 28.7 Å². The van der Waals surface area contributed by atoms with Crippen molar-refractivity contribution in [1.82, 2.24) is 9.80 Å². The molecule has 2 fully saturated rings. The van der Waals surface area contributed by atoms with E-state index in [4.69, 9.17) is 28.4 Å². The van der Waals surface area contributed by atoms with E-state index in [0.29, 0.717) is 60.9 Å². The van der Waals surface area contributed by atoms with E-state index in [1.807, 2.05) is 109 Å². The van der Waals surface area contributed by atoms with Gasteiger partial charge in [-0.1, -0.05) is 133 Å². The van der Waals surface area contributed by atoms with Crippen LogP contribution in [0.3, 0.4) is 0 Å². The Labute approximate surface area is 580 Å². The van der Waals surface area contributed by atoms with Crippen LogP contribution in [0.15, 0.2) is 182 Å². The minimum Gasteiger partial charge on any atom is -0.491 e. The molecule has 4 aliphatic rings. The molecule has 0 N–H and O–H groups in total. The third-order valence-electron chi connectivity index (χ3n) is 19.4. The molecule has 0 aromatic heterocycles. The second-order valence-corrected chi connectivity index (χ2v) is 26.3. The lowest BCUT2D eigenvalue weighted by molar-refractivity contribution is -0.325. The fourth-order valence-electron chi connectivity index (χ4n) is 14.9. The van der Waals surface area contributed by atoms with E-state index in [-0.39, 0.29) is 99.7 Å². The van der Waals surface area contributed by atoms with Gasteiger partial charge in [0.2, 0.25) is 13.6 Å². The van der Waals surface area contributed by atoms with Gasteiger partial charge in [-0.05, 0) is 157 Å². The van der Waals surface area contributed by atoms with Crippen molar-refractivity contribution >= 4 is 23.1 Å². The number of hydrogen-bond acceptors (Lipinski definition) is 14. The smallest absolute Gasteiger partial charge is 0.491 e. The minimum atomic E-state index is -4.73. The van der Waals surface area contributed by atoms with E-state index in [2.05, 4.69) is 95.5 Å². The molecule has 0 amide bonds. The number of rotatable bonds is 27. The zero-order valence-corrected chi connectivity index (χ0v) is 57.1. The molecule has 2 saturated heterocycles. The lowest BCUT2D eigenvalue weighted by Crippen LogP contribution is -2.33. The van der Waals surface area contributed by atoms with Crippen molar-refractivity contribution in [2.75, 3.05) is 66.2 Å². The standard InChI is InChI=1S/C41H43F2NO6.C40H40F3NO6/c1-26-9-5-7-11-33(26)35(34-12-8-6-10-27(34)2)22-31(46)23-44-24-36(30-15-18-37-38(21-30)49-25-48-37)39(28(3)45)40(44)29-13-16-32(17-14-29)47-19-20-50-41(4,42)43;1-25-8-4-6-10-32(25)34(33-11-7-5-9-26(33)2)21-30(46)22-44-23-35(29-14-17-36-37(20-29)49-24-48-36)38(27(3)45)39(44)28-12-15-31(16-13-28)47-18-19-50-40(41,42)43/h5-18,21,35-36,39-40H,19-20,22-25H2,1-4H3;4-17,20,34-35,38-39H,18-19,21-24H2,1-3H3/t36-,39-,40+;35-,38-,39+/m11/s1. The number of fused-ring (bicyclic) bond motifs is 2. The highest BCUT2D eigenvalue weighted by Gasteiger charge is 2.48. The van der Waals surface area contributed by atoms with Crippen LogP contribution < -0.4 is 28.4 Å². The minimum absolute atomic E-state index is 0.0169. The van der Waals surface area contributed by atoms with Gasteiger partial charge in [-0.25, -0.2) is 0 Å². The van der Waals surface area contributed by atoms with Crippen LogP contribution in [0, 0.1) is 39.5 Å². The lowest BCUT2D eigenvalue weighted by atomic mass is 9.80. The second kappa shape index (κ2) is 31.9. The van der Waals surface area contributed by atoms with Gasteiger partial charge in [0.05, 0.1) is 26.3 Å². The van der Waals surface area contributed by atoms with E-state index in [0.717, 1.165) is 66.8 Å². The van der Waals surface area contributed by atoms with Gasteiger partial charge < -0.3 is 33.2 Å². The molecule has 0 saturated carbocycles. The van der Waals surface area contributed by atoms with Crippen LogP contribution in [-0.4, -0.2) is 112 Å². The van der Waals surface area contributed by atoms with Crippen molar-refractivity contribution < 1.29 is 79.0 Å². The number of benzene rings is 8. The normalized spacial score (nSPS) is 18.8. The quantitative estimate of drug-likeness (QED) is 0.0355. The molecule has 0 bridgehead atoms. The number of Topliss-reactive ketones (excluding diaryl/α,β-unsaturated/α-hetero) is 4. The summed E-state index contributed by atoms with van der Waals surface area (Å²) in [4.78, 5) is 59.8. The number of carbonyl (C=O) groups excluding carboxylic acids is 4. The predicted molar refractivity (Wildman–Crippen MR) is 368 cm³/mol. The third-order valence-corrected chi connectivity index (χ3v) is 19.4. The molecule has 8 aromatic rings. The molecule has 19 heteroatoms. The van der Waals surface area contributed by atoms with Crippen LogP contribution >= 0.6 is 0 Å². The molecular weight excluding hydrogens is 1290 g/mol. The molecule has 100 heavy (non-hydrogen) atoms. The van der Waals surface area contributed by atoms with Crippen LogP contribution in [0.1, 0.15) is 136 Å². The topological polar surface area (TPSA) is 149 Å². The Hall–Kier alpha value is -9.27. The van der Waals surface area contributed by atoms with Gasteiger partial charge in [0, 0.05) is 80.4 Å². The molecule has 14 nitrogen and oxygen atoms in total. The SMILES string of the molecule is CC(=O)[C@@H]1[C@@H](c2ccc3c(c2)OCO3)CN(CC(=O)CC(c2ccccc2C)c2ccccc2C)[C@H]1c1ccc(OCCOC(C)(F)F)cc1.CC(=O)[C@@H]1[C@@H](c2ccc3c(c2)OCO3)CN(CC(=O)CC(c2ccccc2C)c2ccccc2C)[C@H]1c1ccc(OCCOC(F)(F)F)cc1. The number of likely N-dealkylation sites (tertiary alicyclic amines) is 2. The zero-order chi connectivity index (χ0) is 70.8. The van der Waals surface area contributed by atoms with Gasteiger partial charge >= 0.3 is 12.5 Å². The molecule has 4 aliphatic heterocycles. The van der Waals surface area contributed by atoms with Crippen molar-refractivity contribution in [2.45, 2.75) is 110 Å². The highest BCUT2D eigenvalue weighted by atomic mass is 19.4. The van der Waals surface area contributed by atoms with Gasteiger partial charge in [0.25, 0.3) is 0 Å². The molecular formula is C81H83F5N2O12. The maximum Gasteiger partial charge on any atom is 0.522 e.